The lowest BCUT2D eigenvalue weighted by Crippen LogP contribution is -2.39. The third-order valence-corrected chi connectivity index (χ3v) is 8.72. The summed E-state index contributed by atoms with van der Waals surface area (Å²) in [5, 5.41) is 1.07. The molecule has 0 saturated heterocycles. The van der Waals surface area contributed by atoms with E-state index in [0.717, 1.165) is 16.7 Å². The first-order chi connectivity index (χ1) is 19.7. The number of hydrogen-bond donors (Lipinski definition) is 0. The van der Waals surface area contributed by atoms with Gasteiger partial charge in [-0.2, -0.15) is 0 Å². The largest absolute Gasteiger partial charge is 0.487 e. The van der Waals surface area contributed by atoms with Crippen molar-refractivity contribution in [3.8, 4) is 5.75 Å². The number of fused-ring (bicyclic) bond motifs is 1. The van der Waals surface area contributed by atoms with Gasteiger partial charge in [-0.25, -0.2) is 9.79 Å². The van der Waals surface area contributed by atoms with E-state index in [4.69, 9.17) is 32.7 Å². The van der Waals surface area contributed by atoms with E-state index in [1.54, 1.807) is 42.7 Å². The Balaban J connectivity index is 1.65. The summed E-state index contributed by atoms with van der Waals surface area (Å²) in [6.07, 6.45) is 1.73. The molecule has 0 radical (unpaired) electrons. The second-order valence-corrected chi connectivity index (χ2v) is 12.1. The van der Waals surface area contributed by atoms with E-state index in [0.29, 0.717) is 46.4 Å². The van der Waals surface area contributed by atoms with Crippen molar-refractivity contribution in [2.24, 2.45) is 4.99 Å². The van der Waals surface area contributed by atoms with Crippen LogP contribution in [0.2, 0.25) is 10.0 Å². The molecule has 10 heteroatoms. The van der Waals surface area contributed by atoms with Crippen LogP contribution in [0.15, 0.2) is 86.2 Å². The molecule has 0 unspecified atom stereocenters. The Kier molecular flexibility index (Phi) is 8.85. The minimum atomic E-state index is -0.685. The highest BCUT2D eigenvalue weighted by Crippen LogP contribution is 2.35. The van der Waals surface area contributed by atoms with Gasteiger partial charge in [-0.05, 0) is 66.5 Å². The highest BCUT2D eigenvalue weighted by Gasteiger charge is 2.33. The van der Waals surface area contributed by atoms with Crippen LogP contribution in [0.1, 0.15) is 42.1 Å². The van der Waals surface area contributed by atoms with Crippen molar-refractivity contribution in [2.45, 2.75) is 33.4 Å². The van der Waals surface area contributed by atoms with E-state index in [-0.39, 0.29) is 18.8 Å². The molecular formula is C31H25BrCl2N2O4S. The molecule has 0 fully saturated rings. The topological polar surface area (TPSA) is 69.9 Å². The Hall–Kier alpha value is -3.17. The zero-order valence-corrected chi connectivity index (χ0v) is 26.3. The summed E-state index contributed by atoms with van der Waals surface area (Å²) < 4.78 is 14.2. The van der Waals surface area contributed by atoms with Gasteiger partial charge in [0.1, 0.15) is 12.4 Å². The zero-order valence-electron chi connectivity index (χ0n) is 22.4. The first-order valence-electron chi connectivity index (χ1n) is 12.8. The molecule has 0 spiro atoms. The molecule has 1 aliphatic heterocycles. The van der Waals surface area contributed by atoms with E-state index < -0.39 is 12.0 Å². The fourth-order valence-electron chi connectivity index (χ4n) is 4.60. The van der Waals surface area contributed by atoms with Crippen LogP contribution < -0.4 is 19.6 Å². The van der Waals surface area contributed by atoms with Gasteiger partial charge in [-0.15, -0.1) is 0 Å². The fraction of sp³-hybridized carbons (Fsp3) is 0.194. The lowest BCUT2D eigenvalue weighted by Gasteiger charge is -2.24. The van der Waals surface area contributed by atoms with E-state index in [1.165, 1.54) is 11.3 Å². The maximum absolute atomic E-state index is 14.0. The molecule has 0 N–H and O–H groups in total. The monoisotopic (exact) mass is 670 g/mol. The number of benzene rings is 3. The van der Waals surface area contributed by atoms with E-state index in [2.05, 4.69) is 20.9 Å². The Bertz CT molecular complexity index is 1860. The van der Waals surface area contributed by atoms with Crippen molar-refractivity contribution < 1.29 is 14.3 Å². The average molecular weight is 672 g/mol. The second kappa shape index (κ2) is 12.4. The first-order valence-corrected chi connectivity index (χ1v) is 15.2. The standard InChI is InChI=1S/C31H25BrCl2N2O4S/c1-4-39-30(38)26-18(3)35-31-36(27(26)19-11-9-17(2)10-12-19)29(37)25(41-31)14-21-13-22(33)15-23(32)28(21)40-16-20-7-5-6-8-24(20)34/h5-15,27H,4,16H2,1-3H3/b25-14-/t27-/m1/s1. The molecule has 1 atom stereocenters. The smallest absolute Gasteiger partial charge is 0.338 e. The zero-order chi connectivity index (χ0) is 29.3. The van der Waals surface area contributed by atoms with Gasteiger partial charge >= 0.3 is 5.97 Å². The summed E-state index contributed by atoms with van der Waals surface area (Å²) in [5.41, 5.74) is 3.84. The van der Waals surface area contributed by atoms with Crippen LogP contribution in [-0.2, 0) is 16.1 Å². The molecule has 0 saturated carbocycles. The predicted octanol–water partition coefficient (Wildman–Crippen LogP) is 6.76. The number of ether oxygens (including phenoxy) is 2. The summed E-state index contributed by atoms with van der Waals surface area (Å²) in [7, 11) is 0. The number of rotatable bonds is 7. The van der Waals surface area contributed by atoms with Crippen molar-refractivity contribution in [3.05, 3.63) is 128 Å². The van der Waals surface area contributed by atoms with Crippen molar-refractivity contribution in [1.82, 2.24) is 4.57 Å². The Morgan fingerprint density at radius 2 is 1.85 bits per heavy atom. The number of aryl methyl sites for hydroxylation is 1. The molecule has 3 aromatic carbocycles. The number of aromatic nitrogens is 1. The van der Waals surface area contributed by atoms with Gasteiger partial charge in [0.2, 0.25) is 0 Å². The second-order valence-electron chi connectivity index (χ2n) is 9.40. The molecule has 6 nitrogen and oxygen atoms in total. The lowest BCUT2D eigenvalue weighted by molar-refractivity contribution is -0.139. The van der Waals surface area contributed by atoms with Crippen LogP contribution in [0.3, 0.4) is 0 Å². The summed E-state index contributed by atoms with van der Waals surface area (Å²) in [6.45, 7) is 5.92. The van der Waals surface area contributed by atoms with Crippen LogP contribution in [-0.4, -0.2) is 17.1 Å². The lowest BCUT2D eigenvalue weighted by atomic mass is 9.95. The molecule has 210 valence electrons. The number of hydrogen-bond acceptors (Lipinski definition) is 6. The van der Waals surface area contributed by atoms with E-state index >= 15 is 0 Å². The minimum Gasteiger partial charge on any atom is -0.487 e. The minimum absolute atomic E-state index is 0.210. The summed E-state index contributed by atoms with van der Waals surface area (Å²) >= 11 is 17.5. The third kappa shape index (κ3) is 6.06. The fourth-order valence-corrected chi connectivity index (χ4v) is 6.78. The third-order valence-electron chi connectivity index (χ3n) is 6.56. The van der Waals surface area contributed by atoms with E-state index in [9.17, 15) is 9.59 Å². The van der Waals surface area contributed by atoms with Gasteiger partial charge in [0, 0.05) is 21.2 Å². The molecule has 0 aliphatic carbocycles. The summed E-state index contributed by atoms with van der Waals surface area (Å²) in [5.74, 6) is 0.0151. The molecule has 1 aromatic heterocycles. The van der Waals surface area contributed by atoms with Gasteiger partial charge in [0.05, 0.1) is 32.9 Å². The molecule has 0 amide bonds. The van der Waals surface area contributed by atoms with Crippen molar-refractivity contribution in [3.63, 3.8) is 0 Å². The van der Waals surface area contributed by atoms with Gasteiger partial charge < -0.3 is 9.47 Å². The van der Waals surface area contributed by atoms with Crippen LogP contribution >= 0.6 is 50.5 Å². The predicted molar refractivity (Wildman–Crippen MR) is 167 cm³/mol. The molecule has 5 rings (SSSR count). The first kappa shape index (κ1) is 29.3. The van der Waals surface area contributed by atoms with Crippen LogP contribution in [0.4, 0.5) is 0 Å². The Labute approximate surface area is 259 Å². The number of halogens is 3. The Morgan fingerprint density at radius 1 is 1.12 bits per heavy atom. The maximum Gasteiger partial charge on any atom is 0.338 e. The van der Waals surface area contributed by atoms with Crippen LogP contribution in [0.25, 0.3) is 6.08 Å². The van der Waals surface area contributed by atoms with Crippen LogP contribution in [0.5, 0.6) is 5.75 Å². The van der Waals surface area contributed by atoms with Gasteiger partial charge in [-0.3, -0.25) is 9.36 Å². The molecule has 41 heavy (non-hydrogen) atoms. The maximum atomic E-state index is 14.0. The highest BCUT2D eigenvalue weighted by molar-refractivity contribution is 9.10. The number of esters is 1. The summed E-state index contributed by atoms with van der Waals surface area (Å²) in [4.78, 5) is 32.2. The number of allylic oxidation sites excluding steroid dienone is 1. The molecule has 4 aromatic rings. The highest BCUT2D eigenvalue weighted by atomic mass is 79.9. The number of thiazole rings is 1. The van der Waals surface area contributed by atoms with E-state index in [1.807, 2.05) is 49.4 Å². The average Bonchev–Trinajstić information content (AvgIpc) is 3.23. The molecule has 1 aliphatic rings. The number of carbonyl (C=O) groups is 1. The van der Waals surface area contributed by atoms with Gasteiger partial charge in [0.15, 0.2) is 4.80 Å². The summed E-state index contributed by atoms with van der Waals surface area (Å²) in [6, 6.07) is 18.0. The Morgan fingerprint density at radius 3 is 2.56 bits per heavy atom. The van der Waals surface area contributed by atoms with Crippen molar-refractivity contribution in [2.75, 3.05) is 6.61 Å². The molecule has 2 heterocycles. The van der Waals surface area contributed by atoms with Gasteiger partial charge in [-0.1, -0.05) is 82.6 Å². The number of carbonyl (C=O) groups excluding carboxylic acids is 1. The van der Waals surface area contributed by atoms with Crippen LogP contribution in [0, 0.1) is 6.92 Å². The quantitative estimate of drug-likeness (QED) is 0.204. The molecule has 0 bridgehead atoms. The van der Waals surface area contributed by atoms with Gasteiger partial charge in [0.25, 0.3) is 5.56 Å². The SMILES string of the molecule is CCOC(=O)C1=C(C)N=c2s/c(=C\c3cc(Cl)cc(Br)c3OCc3ccccc3Cl)c(=O)n2[C@@H]1c1ccc(C)cc1. The molecular weight excluding hydrogens is 647 g/mol. The van der Waals surface area contributed by atoms with Crippen molar-refractivity contribution in [1.29, 1.82) is 0 Å². The van der Waals surface area contributed by atoms with Crippen molar-refractivity contribution >= 4 is 62.5 Å². The number of nitrogens with zero attached hydrogens (tertiary/aromatic N) is 2. The normalized spacial score (nSPS) is 15.0.